The summed E-state index contributed by atoms with van der Waals surface area (Å²) in [5.41, 5.74) is 0.358. The Morgan fingerprint density at radius 1 is 1.45 bits per heavy atom. The molecule has 0 saturated heterocycles. The second kappa shape index (κ2) is 5.11. The molecular formula is C16H25IO3. The van der Waals surface area contributed by atoms with Crippen molar-refractivity contribution in [3.63, 3.8) is 0 Å². The van der Waals surface area contributed by atoms with Gasteiger partial charge in [0.15, 0.2) is 0 Å². The van der Waals surface area contributed by atoms with Crippen LogP contribution in [-0.2, 0) is 9.53 Å². The molecule has 3 nitrogen and oxygen atoms in total. The Balaban J connectivity index is 1.72. The molecule has 3 aliphatic rings. The molecule has 1 spiro atoms. The second-order valence-electron chi connectivity index (χ2n) is 7.44. The topological polar surface area (TPSA) is 46.5 Å². The zero-order chi connectivity index (χ0) is 14.5. The molecule has 3 saturated carbocycles. The molecule has 0 aliphatic heterocycles. The van der Waals surface area contributed by atoms with Crippen LogP contribution in [0, 0.1) is 28.6 Å². The van der Waals surface area contributed by atoms with Crippen molar-refractivity contribution in [3.8, 4) is 0 Å². The summed E-state index contributed by atoms with van der Waals surface area (Å²) >= 11 is 2.15. The third kappa shape index (κ3) is 2.13. The van der Waals surface area contributed by atoms with E-state index in [-0.39, 0.29) is 21.9 Å². The van der Waals surface area contributed by atoms with Gasteiger partial charge >= 0.3 is 5.97 Å². The highest BCUT2D eigenvalue weighted by Gasteiger charge is 2.73. The molecule has 6 unspecified atom stereocenters. The number of carbonyl (C=O) groups is 1. The molecule has 0 heterocycles. The minimum Gasteiger partial charge on any atom is -0.464 e. The smallest absolute Gasteiger partial charge is 0.318 e. The minimum absolute atomic E-state index is 0.0591. The number of hydrogen-bond acceptors (Lipinski definition) is 3. The van der Waals surface area contributed by atoms with Gasteiger partial charge in [-0.3, -0.25) is 4.79 Å². The van der Waals surface area contributed by atoms with Gasteiger partial charge in [0.05, 0.1) is 13.2 Å². The van der Waals surface area contributed by atoms with Crippen LogP contribution in [-0.4, -0.2) is 28.2 Å². The van der Waals surface area contributed by atoms with Crippen molar-refractivity contribution in [3.05, 3.63) is 0 Å². The predicted molar refractivity (Wildman–Crippen MR) is 85.6 cm³/mol. The van der Waals surface area contributed by atoms with Crippen molar-refractivity contribution in [1.29, 1.82) is 0 Å². The highest BCUT2D eigenvalue weighted by Crippen LogP contribution is 2.78. The van der Waals surface area contributed by atoms with Gasteiger partial charge < -0.3 is 9.84 Å². The summed E-state index contributed by atoms with van der Waals surface area (Å²) in [6, 6.07) is 0. The Labute approximate surface area is 135 Å². The molecule has 2 bridgehead atoms. The molecule has 3 aliphatic carbocycles. The maximum atomic E-state index is 12.0. The Kier molecular flexibility index (Phi) is 3.85. The first-order valence-electron chi connectivity index (χ1n) is 7.89. The molecule has 4 heteroatoms. The van der Waals surface area contributed by atoms with Crippen LogP contribution in [0.4, 0.5) is 0 Å². The SMILES string of the molecule is CCC(I)C(=O)OCC1(CO)C2CC(C)CC3(C2)CC31. The summed E-state index contributed by atoms with van der Waals surface area (Å²) in [7, 11) is 0. The first kappa shape index (κ1) is 15.1. The lowest BCUT2D eigenvalue weighted by Gasteiger charge is -2.38. The number of aliphatic hydroxyl groups excluding tert-OH is 1. The van der Waals surface area contributed by atoms with Crippen molar-refractivity contribution >= 4 is 28.6 Å². The standard InChI is InChI=1S/C16H25IO3/c1-3-12(17)14(19)20-9-16(8-18)11-4-10(2)5-15(6-11)7-13(15)16/h10-13,18H,3-9H2,1-2H3. The van der Waals surface area contributed by atoms with E-state index >= 15 is 0 Å². The number of halogens is 1. The number of rotatable bonds is 5. The maximum Gasteiger partial charge on any atom is 0.318 e. The van der Waals surface area contributed by atoms with E-state index in [0.29, 0.717) is 23.9 Å². The van der Waals surface area contributed by atoms with Gasteiger partial charge in [-0.2, -0.15) is 0 Å². The molecule has 0 radical (unpaired) electrons. The molecule has 114 valence electrons. The number of fused-ring (bicyclic) bond motifs is 1. The first-order valence-corrected chi connectivity index (χ1v) is 9.13. The van der Waals surface area contributed by atoms with Crippen molar-refractivity contribution in [2.45, 2.75) is 49.9 Å². The van der Waals surface area contributed by atoms with Crippen LogP contribution < -0.4 is 0 Å². The van der Waals surface area contributed by atoms with E-state index in [1.807, 2.05) is 6.92 Å². The van der Waals surface area contributed by atoms with E-state index < -0.39 is 0 Å². The highest BCUT2D eigenvalue weighted by atomic mass is 127. The Morgan fingerprint density at radius 3 is 2.85 bits per heavy atom. The summed E-state index contributed by atoms with van der Waals surface area (Å²) in [6.07, 6.45) is 5.81. The predicted octanol–water partition coefficient (Wildman–Crippen LogP) is 3.18. The van der Waals surface area contributed by atoms with E-state index in [9.17, 15) is 9.90 Å². The number of esters is 1. The first-order chi connectivity index (χ1) is 9.47. The second-order valence-corrected chi connectivity index (χ2v) is 8.94. The Morgan fingerprint density at radius 2 is 2.20 bits per heavy atom. The lowest BCUT2D eigenvalue weighted by molar-refractivity contribution is -0.149. The summed E-state index contributed by atoms with van der Waals surface area (Å²) in [5, 5.41) is 10.1. The van der Waals surface area contributed by atoms with Gasteiger partial charge in [-0.15, -0.1) is 0 Å². The molecule has 3 rings (SSSR count). The van der Waals surface area contributed by atoms with E-state index in [0.717, 1.165) is 12.3 Å². The van der Waals surface area contributed by atoms with Gasteiger partial charge in [-0.05, 0) is 55.3 Å². The molecular weight excluding hydrogens is 367 g/mol. The van der Waals surface area contributed by atoms with Crippen LogP contribution in [0.25, 0.3) is 0 Å². The molecule has 0 amide bonds. The fourth-order valence-electron chi connectivity index (χ4n) is 5.22. The Bertz CT molecular complexity index is 413. The normalized spacial score (nSPS) is 46.7. The number of aliphatic hydroxyl groups is 1. The van der Waals surface area contributed by atoms with Gasteiger partial charge in [0, 0.05) is 5.41 Å². The lowest BCUT2D eigenvalue weighted by atomic mass is 9.69. The molecule has 0 aromatic carbocycles. The quantitative estimate of drug-likeness (QED) is 0.444. The number of alkyl halides is 1. The average Bonchev–Trinajstić information content (AvgIpc) is 3.06. The third-order valence-corrected chi connectivity index (χ3v) is 7.57. The molecule has 20 heavy (non-hydrogen) atoms. The summed E-state index contributed by atoms with van der Waals surface area (Å²) in [6.45, 7) is 4.95. The summed E-state index contributed by atoms with van der Waals surface area (Å²) < 4.78 is 5.54. The van der Waals surface area contributed by atoms with Crippen LogP contribution >= 0.6 is 22.6 Å². The summed E-state index contributed by atoms with van der Waals surface area (Å²) in [5.74, 6) is 1.80. The van der Waals surface area contributed by atoms with Crippen LogP contribution in [0.2, 0.25) is 0 Å². The summed E-state index contributed by atoms with van der Waals surface area (Å²) in [4.78, 5) is 12.0. The minimum atomic E-state index is -0.134. The Hall–Kier alpha value is 0.160. The van der Waals surface area contributed by atoms with Gasteiger partial charge in [0.25, 0.3) is 0 Å². The van der Waals surface area contributed by atoms with Gasteiger partial charge in [-0.1, -0.05) is 36.4 Å². The zero-order valence-corrected chi connectivity index (χ0v) is 14.6. The van der Waals surface area contributed by atoms with E-state index in [2.05, 4.69) is 29.5 Å². The monoisotopic (exact) mass is 392 g/mol. The van der Waals surface area contributed by atoms with Crippen molar-refractivity contribution in [2.75, 3.05) is 13.2 Å². The van der Waals surface area contributed by atoms with Crippen molar-refractivity contribution < 1.29 is 14.6 Å². The average molecular weight is 392 g/mol. The van der Waals surface area contributed by atoms with Crippen LogP contribution in [0.15, 0.2) is 0 Å². The van der Waals surface area contributed by atoms with Gasteiger partial charge in [-0.25, -0.2) is 0 Å². The molecule has 3 fully saturated rings. The van der Waals surface area contributed by atoms with E-state index in [1.165, 1.54) is 25.7 Å². The highest BCUT2D eigenvalue weighted by molar-refractivity contribution is 14.1. The van der Waals surface area contributed by atoms with E-state index in [1.54, 1.807) is 0 Å². The van der Waals surface area contributed by atoms with Gasteiger partial charge in [0.1, 0.15) is 3.92 Å². The third-order valence-electron chi connectivity index (χ3n) is 6.18. The number of carbonyl (C=O) groups excluding carboxylic acids is 1. The fraction of sp³-hybridized carbons (Fsp3) is 0.938. The number of ether oxygens (including phenoxy) is 1. The lowest BCUT2D eigenvalue weighted by Crippen LogP contribution is -2.40. The van der Waals surface area contributed by atoms with Crippen molar-refractivity contribution in [2.24, 2.45) is 28.6 Å². The fourth-order valence-corrected chi connectivity index (χ4v) is 5.40. The largest absolute Gasteiger partial charge is 0.464 e. The van der Waals surface area contributed by atoms with Crippen LogP contribution in [0.1, 0.15) is 46.0 Å². The molecule has 0 aromatic heterocycles. The number of hydrogen-bond donors (Lipinski definition) is 1. The van der Waals surface area contributed by atoms with Crippen LogP contribution in [0.3, 0.4) is 0 Å². The molecule has 6 atom stereocenters. The van der Waals surface area contributed by atoms with Crippen molar-refractivity contribution in [1.82, 2.24) is 0 Å². The zero-order valence-electron chi connectivity index (χ0n) is 12.4. The van der Waals surface area contributed by atoms with Gasteiger partial charge in [0.2, 0.25) is 0 Å². The maximum absolute atomic E-state index is 12.0. The van der Waals surface area contributed by atoms with E-state index in [4.69, 9.17) is 4.74 Å². The molecule has 1 N–H and O–H groups in total. The molecule has 0 aromatic rings. The van der Waals surface area contributed by atoms with Crippen LogP contribution in [0.5, 0.6) is 0 Å².